The summed E-state index contributed by atoms with van der Waals surface area (Å²) in [7, 11) is -2.07. The highest BCUT2D eigenvalue weighted by Gasteiger charge is 2.20. The molecule has 7 heteroatoms. The zero-order valence-electron chi connectivity index (χ0n) is 12.9. The van der Waals surface area contributed by atoms with Gasteiger partial charge in [0, 0.05) is 25.2 Å². The van der Waals surface area contributed by atoms with E-state index >= 15 is 0 Å². The van der Waals surface area contributed by atoms with Crippen LogP contribution >= 0.6 is 11.6 Å². The second kappa shape index (κ2) is 8.10. The van der Waals surface area contributed by atoms with E-state index in [0.29, 0.717) is 17.1 Å². The molecule has 0 amide bonds. The lowest BCUT2D eigenvalue weighted by molar-refractivity contribution is 0.122. The lowest BCUT2D eigenvalue weighted by atomic mass is 10.1. The Morgan fingerprint density at radius 2 is 2.05 bits per heavy atom. The molecular weight excluding hydrogens is 312 g/mol. The van der Waals surface area contributed by atoms with Crippen molar-refractivity contribution in [2.24, 2.45) is 0 Å². The van der Waals surface area contributed by atoms with Crippen molar-refractivity contribution in [1.82, 2.24) is 10.0 Å². The van der Waals surface area contributed by atoms with E-state index in [1.165, 1.54) is 13.2 Å². The van der Waals surface area contributed by atoms with Crippen molar-refractivity contribution in [3.05, 3.63) is 28.3 Å². The van der Waals surface area contributed by atoms with Crippen LogP contribution in [0.5, 0.6) is 0 Å². The number of ether oxygens (including phenoxy) is 1. The zero-order chi connectivity index (χ0) is 16.0. The first-order chi connectivity index (χ1) is 9.81. The van der Waals surface area contributed by atoms with E-state index < -0.39 is 10.0 Å². The van der Waals surface area contributed by atoms with Gasteiger partial charge in [-0.05, 0) is 43.7 Å². The first-order valence-electron chi connectivity index (χ1n) is 6.84. The number of benzene rings is 1. The summed E-state index contributed by atoms with van der Waals surface area (Å²) in [4.78, 5) is 0.214. The lowest BCUT2D eigenvalue weighted by Gasteiger charge is -2.15. The summed E-state index contributed by atoms with van der Waals surface area (Å²) in [5, 5.41) is 3.59. The van der Waals surface area contributed by atoms with Crippen LogP contribution in [0, 0.1) is 6.92 Å². The Hall–Kier alpha value is -0.660. The number of hydrogen-bond acceptors (Lipinski definition) is 4. The van der Waals surface area contributed by atoms with Gasteiger partial charge in [0.1, 0.15) is 0 Å². The van der Waals surface area contributed by atoms with Gasteiger partial charge in [0.15, 0.2) is 0 Å². The van der Waals surface area contributed by atoms with Crippen LogP contribution in [-0.4, -0.2) is 34.7 Å². The fourth-order valence-corrected chi connectivity index (χ4v) is 3.55. The molecule has 0 radical (unpaired) electrons. The number of sulfonamides is 1. The molecule has 0 heterocycles. The molecule has 0 bridgehead atoms. The van der Waals surface area contributed by atoms with Gasteiger partial charge in [-0.2, -0.15) is 0 Å². The molecule has 0 aliphatic carbocycles. The van der Waals surface area contributed by atoms with Gasteiger partial charge in [-0.3, -0.25) is 0 Å². The second-order valence-electron chi connectivity index (χ2n) is 4.87. The summed E-state index contributed by atoms with van der Waals surface area (Å²) in [6.07, 6.45) is -0.194. The molecule has 0 aromatic heterocycles. The Bertz CT molecular complexity index is 576. The molecular formula is C14H23ClN2O3S. The minimum Gasteiger partial charge on any atom is -0.380 e. The second-order valence-corrected chi connectivity index (χ2v) is 7.04. The van der Waals surface area contributed by atoms with Gasteiger partial charge in [-0.15, -0.1) is 0 Å². The van der Waals surface area contributed by atoms with Gasteiger partial charge in [0.05, 0.1) is 11.0 Å². The summed E-state index contributed by atoms with van der Waals surface area (Å²) >= 11 is 6.05. The first kappa shape index (κ1) is 18.4. The maximum atomic E-state index is 12.4. The number of nitrogens with one attached hydrogen (secondary N) is 2. The van der Waals surface area contributed by atoms with Crippen molar-refractivity contribution in [3.8, 4) is 0 Å². The quantitative estimate of drug-likeness (QED) is 0.763. The van der Waals surface area contributed by atoms with Crippen LogP contribution < -0.4 is 10.0 Å². The lowest BCUT2D eigenvalue weighted by Crippen LogP contribution is -2.32. The summed E-state index contributed by atoms with van der Waals surface area (Å²) in [5.74, 6) is 0. The van der Waals surface area contributed by atoms with Gasteiger partial charge in [-0.25, -0.2) is 13.1 Å². The highest BCUT2D eigenvalue weighted by molar-refractivity contribution is 7.89. The van der Waals surface area contributed by atoms with E-state index in [-0.39, 0.29) is 17.5 Å². The van der Waals surface area contributed by atoms with Crippen molar-refractivity contribution in [1.29, 1.82) is 0 Å². The average Bonchev–Trinajstić information content (AvgIpc) is 2.45. The monoisotopic (exact) mass is 334 g/mol. The molecule has 21 heavy (non-hydrogen) atoms. The van der Waals surface area contributed by atoms with Crippen molar-refractivity contribution >= 4 is 21.6 Å². The van der Waals surface area contributed by atoms with E-state index in [4.69, 9.17) is 16.3 Å². The maximum Gasteiger partial charge on any atom is 0.240 e. The van der Waals surface area contributed by atoms with Crippen LogP contribution in [0.2, 0.25) is 5.02 Å². The topological polar surface area (TPSA) is 67.4 Å². The van der Waals surface area contributed by atoms with E-state index in [1.807, 2.05) is 6.92 Å². The number of halogens is 1. The fraction of sp³-hybridized carbons (Fsp3) is 0.571. The SMILES string of the molecule is CCNCc1cc(Cl)cc(S(=O)(=O)NCC(C)OC)c1C. The first-order valence-corrected chi connectivity index (χ1v) is 8.70. The van der Waals surface area contributed by atoms with Gasteiger partial charge in [0.2, 0.25) is 10.0 Å². The highest BCUT2D eigenvalue weighted by atomic mass is 35.5. The van der Waals surface area contributed by atoms with Crippen molar-refractivity contribution in [2.45, 2.75) is 38.3 Å². The van der Waals surface area contributed by atoms with Gasteiger partial charge in [-0.1, -0.05) is 18.5 Å². The predicted molar refractivity (Wildman–Crippen MR) is 85.2 cm³/mol. The largest absolute Gasteiger partial charge is 0.380 e. The van der Waals surface area contributed by atoms with Gasteiger partial charge >= 0.3 is 0 Å². The van der Waals surface area contributed by atoms with Crippen molar-refractivity contribution in [3.63, 3.8) is 0 Å². The maximum absolute atomic E-state index is 12.4. The molecule has 1 rings (SSSR count). The standard InChI is InChI=1S/C14H23ClN2O3S/c1-5-16-9-12-6-13(15)7-14(11(12)3)21(18,19)17-8-10(2)20-4/h6-7,10,16-17H,5,8-9H2,1-4H3. The Morgan fingerprint density at radius 1 is 1.38 bits per heavy atom. The molecule has 0 saturated heterocycles. The number of hydrogen-bond donors (Lipinski definition) is 2. The minimum absolute atomic E-state index is 0.194. The summed E-state index contributed by atoms with van der Waals surface area (Å²) in [5.41, 5.74) is 1.59. The van der Waals surface area contributed by atoms with Crippen LogP contribution in [0.4, 0.5) is 0 Å². The number of methoxy groups -OCH3 is 1. The Balaban J connectivity index is 3.08. The van der Waals surface area contributed by atoms with Gasteiger partial charge in [0.25, 0.3) is 0 Å². The van der Waals surface area contributed by atoms with Crippen LogP contribution in [-0.2, 0) is 21.3 Å². The third-order valence-electron chi connectivity index (χ3n) is 3.25. The molecule has 1 aromatic carbocycles. The zero-order valence-corrected chi connectivity index (χ0v) is 14.4. The Labute approximate surface area is 132 Å². The third kappa shape index (κ3) is 5.23. The molecule has 1 atom stereocenters. The van der Waals surface area contributed by atoms with E-state index in [0.717, 1.165) is 12.1 Å². The molecule has 1 aromatic rings. The molecule has 5 nitrogen and oxygen atoms in total. The fourth-order valence-electron chi connectivity index (χ4n) is 1.82. The van der Waals surface area contributed by atoms with Crippen LogP contribution in [0.25, 0.3) is 0 Å². The van der Waals surface area contributed by atoms with Crippen molar-refractivity contribution in [2.75, 3.05) is 20.2 Å². The van der Waals surface area contributed by atoms with E-state index in [9.17, 15) is 8.42 Å². The summed E-state index contributed by atoms with van der Waals surface area (Å²) in [6.45, 7) is 7.18. The molecule has 0 spiro atoms. The van der Waals surface area contributed by atoms with Gasteiger partial charge < -0.3 is 10.1 Å². The summed E-state index contributed by atoms with van der Waals surface area (Å²) in [6, 6.07) is 3.27. The van der Waals surface area contributed by atoms with Crippen LogP contribution in [0.15, 0.2) is 17.0 Å². The van der Waals surface area contributed by atoms with Crippen LogP contribution in [0.3, 0.4) is 0 Å². The minimum atomic E-state index is -3.61. The van der Waals surface area contributed by atoms with E-state index in [2.05, 4.69) is 10.0 Å². The van der Waals surface area contributed by atoms with Crippen LogP contribution in [0.1, 0.15) is 25.0 Å². The third-order valence-corrected chi connectivity index (χ3v) is 5.02. The molecule has 2 N–H and O–H groups in total. The molecule has 0 saturated carbocycles. The van der Waals surface area contributed by atoms with E-state index in [1.54, 1.807) is 19.9 Å². The smallest absolute Gasteiger partial charge is 0.240 e. The van der Waals surface area contributed by atoms with Crippen molar-refractivity contribution < 1.29 is 13.2 Å². The summed E-state index contributed by atoms with van der Waals surface area (Å²) < 4.78 is 32.4. The number of rotatable bonds is 8. The normalized spacial score (nSPS) is 13.4. The Morgan fingerprint density at radius 3 is 2.62 bits per heavy atom. The highest BCUT2D eigenvalue weighted by Crippen LogP contribution is 2.24. The molecule has 0 aliphatic rings. The Kier molecular flexibility index (Phi) is 7.09. The predicted octanol–water partition coefficient (Wildman–Crippen LogP) is 2.07. The molecule has 120 valence electrons. The molecule has 0 fully saturated rings. The average molecular weight is 335 g/mol. The molecule has 1 unspecified atom stereocenters. The molecule has 0 aliphatic heterocycles.